The molecular formula is C22H23NO4S2. The molecule has 0 amide bonds. The summed E-state index contributed by atoms with van der Waals surface area (Å²) >= 11 is 1.09. The molecule has 152 valence electrons. The maximum atomic E-state index is 13.5. The maximum absolute atomic E-state index is 13.5. The van der Waals surface area contributed by atoms with Crippen molar-refractivity contribution in [3.8, 4) is 10.4 Å². The summed E-state index contributed by atoms with van der Waals surface area (Å²) < 4.78 is 28.3. The van der Waals surface area contributed by atoms with E-state index in [4.69, 9.17) is 0 Å². The number of sulfonamides is 1. The molecule has 1 heterocycles. The van der Waals surface area contributed by atoms with Crippen molar-refractivity contribution in [1.29, 1.82) is 0 Å². The number of rotatable bonds is 8. The first-order valence-corrected chi connectivity index (χ1v) is 11.6. The van der Waals surface area contributed by atoms with E-state index >= 15 is 0 Å². The molecule has 1 N–H and O–H groups in total. The number of aromatic carboxylic acids is 1. The normalized spacial score (nSPS) is 12.5. The second kappa shape index (κ2) is 8.80. The zero-order valence-corrected chi connectivity index (χ0v) is 17.9. The van der Waals surface area contributed by atoms with Crippen molar-refractivity contribution in [2.24, 2.45) is 0 Å². The van der Waals surface area contributed by atoms with Crippen LogP contribution in [0.25, 0.3) is 10.4 Å². The molecule has 1 aromatic heterocycles. The second-order valence-electron chi connectivity index (χ2n) is 6.75. The predicted molar refractivity (Wildman–Crippen MR) is 117 cm³/mol. The standard InChI is InChI=1S/C22H23NO4S2/c1-3-10-16(2)23(29(26,27)18-13-8-5-9-14-18)19-15-20(28-21(19)22(24)25)17-11-6-4-7-12-17/h4-9,11-16H,3,10H2,1-2H3,(H,24,25). The van der Waals surface area contributed by atoms with E-state index in [9.17, 15) is 18.3 Å². The number of carboxylic acids is 1. The minimum absolute atomic E-state index is 0.0197. The molecule has 1 unspecified atom stereocenters. The average Bonchev–Trinajstić information content (AvgIpc) is 3.14. The van der Waals surface area contributed by atoms with Crippen LogP contribution in [0.5, 0.6) is 0 Å². The van der Waals surface area contributed by atoms with Gasteiger partial charge in [-0.15, -0.1) is 11.3 Å². The third-order valence-corrected chi connectivity index (χ3v) is 7.71. The first-order valence-electron chi connectivity index (χ1n) is 9.38. The van der Waals surface area contributed by atoms with Gasteiger partial charge in [-0.25, -0.2) is 13.2 Å². The van der Waals surface area contributed by atoms with Gasteiger partial charge in [0.05, 0.1) is 10.6 Å². The van der Waals surface area contributed by atoms with Crippen molar-refractivity contribution in [1.82, 2.24) is 0 Å². The molecule has 0 spiro atoms. The summed E-state index contributed by atoms with van der Waals surface area (Å²) in [6.07, 6.45) is 1.39. The molecular weight excluding hydrogens is 406 g/mol. The van der Waals surface area contributed by atoms with Crippen molar-refractivity contribution in [3.05, 3.63) is 71.6 Å². The van der Waals surface area contributed by atoms with Gasteiger partial charge < -0.3 is 5.11 Å². The summed E-state index contributed by atoms with van der Waals surface area (Å²) in [5.74, 6) is -1.14. The van der Waals surface area contributed by atoms with Gasteiger partial charge in [0.25, 0.3) is 10.0 Å². The number of hydrogen-bond acceptors (Lipinski definition) is 4. The zero-order valence-electron chi connectivity index (χ0n) is 16.3. The van der Waals surface area contributed by atoms with Crippen molar-refractivity contribution in [2.45, 2.75) is 37.6 Å². The third-order valence-electron chi connectivity index (χ3n) is 4.61. The Hall–Kier alpha value is -2.64. The Kier molecular flexibility index (Phi) is 6.39. The lowest BCUT2D eigenvalue weighted by molar-refractivity contribution is 0.0703. The molecule has 0 aliphatic carbocycles. The van der Waals surface area contributed by atoms with Crippen LogP contribution < -0.4 is 4.31 Å². The highest BCUT2D eigenvalue weighted by Crippen LogP contribution is 2.40. The molecule has 29 heavy (non-hydrogen) atoms. The van der Waals surface area contributed by atoms with Crippen LogP contribution in [-0.4, -0.2) is 25.5 Å². The van der Waals surface area contributed by atoms with E-state index in [-0.39, 0.29) is 21.5 Å². The van der Waals surface area contributed by atoms with Gasteiger partial charge in [0.2, 0.25) is 0 Å². The smallest absolute Gasteiger partial charge is 0.348 e. The summed E-state index contributed by atoms with van der Waals surface area (Å²) in [4.78, 5) is 12.9. The maximum Gasteiger partial charge on any atom is 0.348 e. The summed E-state index contributed by atoms with van der Waals surface area (Å²) in [7, 11) is -3.92. The Balaban J connectivity index is 2.21. The molecule has 2 aromatic carbocycles. The largest absolute Gasteiger partial charge is 0.477 e. The van der Waals surface area contributed by atoms with E-state index < -0.39 is 16.0 Å². The van der Waals surface area contributed by atoms with Crippen molar-refractivity contribution in [2.75, 3.05) is 4.31 Å². The fraction of sp³-hybridized carbons (Fsp3) is 0.227. The molecule has 0 aliphatic rings. The van der Waals surface area contributed by atoms with Gasteiger partial charge >= 0.3 is 5.97 Å². The predicted octanol–water partition coefficient (Wildman–Crippen LogP) is 5.50. The van der Waals surface area contributed by atoms with Crippen LogP contribution in [0.1, 0.15) is 36.4 Å². The topological polar surface area (TPSA) is 74.7 Å². The molecule has 5 nitrogen and oxygen atoms in total. The van der Waals surface area contributed by atoms with E-state index in [0.29, 0.717) is 6.42 Å². The number of benzene rings is 2. The number of nitrogens with zero attached hydrogens (tertiary/aromatic N) is 1. The van der Waals surface area contributed by atoms with Gasteiger partial charge in [0.15, 0.2) is 0 Å². The van der Waals surface area contributed by atoms with Crippen molar-refractivity contribution >= 4 is 33.0 Å². The quantitative estimate of drug-likeness (QED) is 0.513. The lowest BCUT2D eigenvalue weighted by Gasteiger charge is -2.30. The molecule has 0 bridgehead atoms. The van der Waals surface area contributed by atoms with Crippen LogP contribution in [0.4, 0.5) is 5.69 Å². The lowest BCUT2D eigenvalue weighted by Crippen LogP contribution is -2.39. The first kappa shape index (κ1) is 21.1. The van der Waals surface area contributed by atoms with Crippen LogP contribution in [0.2, 0.25) is 0 Å². The molecule has 0 aliphatic heterocycles. The Morgan fingerprint density at radius 2 is 1.66 bits per heavy atom. The number of hydrogen-bond donors (Lipinski definition) is 1. The van der Waals surface area contributed by atoms with Crippen LogP contribution in [0.3, 0.4) is 0 Å². The summed E-state index contributed by atoms with van der Waals surface area (Å²) in [6, 6.07) is 18.8. The van der Waals surface area contributed by atoms with E-state index in [2.05, 4.69) is 0 Å². The molecule has 0 saturated heterocycles. The minimum atomic E-state index is -3.92. The summed E-state index contributed by atoms with van der Waals surface area (Å²) in [5, 5.41) is 9.81. The lowest BCUT2D eigenvalue weighted by atomic mass is 10.1. The fourth-order valence-electron chi connectivity index (χ4n) is 3.29. The summed E-state index contributed by atoms with van der Waals surface area (Å²) in [6.45, 7) is 3.79. The summed E-state index contributed by atoms with van der Waals surface area (Å²) in [5.41, 5.74) is 1.07. The van der Waals surface area contributed by atoms with Crippen LogP contribution in [0, 0.1) is 0 Å². The minimum Gasteiger partial charge on any atom is -0.477 e. The second-order valence-corrected chi connectivity index (χ2v) is 9.61. The fourth-order valence-corrected chi connectivity index (χ4v) is 6.05. The monoisotopic (exact) mass is 429 g/mol. The SMILES string of the molecule is CCCC(C)N(c1cc(-c2ccccc2)sc1C(=O)O)S(=O)(=O)c1ccccc1. The van der Waals surface area contributed by atoms with E-state index in [1.165, 1.54) is 16.4 Å². The van der Waals surface area contributed by atoms with Gasteiger partial charge in [0, 0.05) is 10.9 Å². The number of anilines is 1. The average molecular weight is 430 g/mol. The van der Waals surface area contributed by atoms with Crippen molar-refractivity contribution < 1.29 is 18.3 Å². The Bertz CT molecular complexity index is 1080. The molecule has 0 fully saturated rings. The van der Waals surface area contributed by atoms with Gasteiger partial charge in [-0.3, -0.25) is 4.31 Å². The molecule has 1 atom stereocenters. The van der Waals surface area contributed by atoms with E-state index in [1.54, 1.807) is 24.3 Å². The number of carbonyl (C=O) groups is 1. The Morgan fingerprint density at radius 3 is 2.21 bits per heavy atom. The Labute approximate surface area is 175 Å². The molecule has 3 aromatic rings. The molecule has 0 radical (unpaired) electrons. The molecule has 7 heteroatoms. The molecule has 0 saturated carbocycles. The third kappa shape index (κ3) is 4.36. The highest BCUT2D eigenvalue weighted by Gasteiger charge is 2.33. The Morgan fingerprint density at radius 1 is 1.07 bits per heavy atom. The highest BCUT2D eigenvalue weighted by molar-refractivity contribution is 7.92. The first-order chi connectivity index (χ1) is 13.9. The number of thiophene rings is 1. The van der Waals surface area contributed by atoms with E-state index in [0.717, 1.165) is 28.2 Å². The zero-order chi connectivity index (χ0) is 21.0. The van der Waals surface area contributed by atoms with E-state index in [1.807, 2.05) is 44.2 Å². The van der Waals surface area contributed by atoms with Crippen molar-refractivity contribution in [3.63, 3.8) is 0 Å². The molecule has 3 rings (SSSR count). The highest BCUT2D eigenvalue weighted by atomic mass is 32.2. The van der Waals surface area contributed by atoms with Gasteiger partial charge in [-0.2, -0.15) is 0 Å². The van der Waals surface area contributed by atoms with Gasteiger partial charge in [-0.05, 0) is 37.1 Å². The van der Waals surface area contributed by atoms with Crippen LogP contribution in [-0.2, 0) is 10.0 Å². The van der Waals surface area contributed by atoms with Gasteiger partial charge in [0.1, 0.15) is 4.88 Å². The van der Waals surface area contributed by atoms with Crippen LogP contribution >= 0.6 is 11.3 Å². The van der Waals surface area contributed by atoms with Crippen LogP contribution in [0.15, 0.2) is 71.6 Å². The van der Waals surface area contributed by atoms with Gasteiger partial charge in [-0.1, -0.05) is 61.9 Å². The number of carboxylic acid groups (broad SMARTS) is 1.